The smallest absolute Gasteiger partial charge is 0.0769 e. The highest BCUT2D eigenvalue weighted by Gasteiger charge is 2.10. The lowest BCUT2D eigenvalue weighted by Crippen LogP contribution is -2.21. The maximum Gasteiger partial charge on any atom is 0.0769 e. The monoisotopic (exact) mass is 269 g/mol. The molecule has 2 rings (SSSR count). The van der Waals surface area contributed by atoms with E-state index in [0.717, 1.165) is 18.7 Å². The molecule has 0 radical (unpaired) electrons. The van der Waals surface area contributed by atoms with E-state index in [2.05, 4.69) is 52.8 Å². The van der Waals surface area contributed by atoms with Crippen LogP contribution >= 0.6 is 0 Å². The van der Waals surface area contributed by atoms with Crippen LogP contribution in [0, 0.1) is 0 Å². The average molecular weight is 269 g/mol. The molecule has 0 fully saturated rings. The summed E-state index contributed by atoms with van der Waals surface area (Å²) >= 11 is 0. The van der Waals surface area contributed by atoms with Crippen molar-refractivity contribution in [1.82, 2.24) is 15.5 Å². The van der Waals surface area contributed by atoms with E-state index in [9.17, 15) is 0 Å². The molecule has 0 saturated heterocycles. The van der Waals surface area contributed by atoms with E-state index in [0.29, 0.717) is 6.04 Å². The van der Waals surface area contributed by atoms with Gasteiger partial charge < -0.3 is 5.32 Å². The van der Waals surface area contributed by atoms with Crippen molar-refractivity contribution in [2.24, 2.45) is 0 Å². The molecule has 0 aliphatic rings. The Morgan fingerprint density at radius 1 is 1.05 bits per heavy atom. The van der Waals surface area contributed by atoms with Crippen molar-refractivity contribution in [3.63, 3.8) is 0 Å². The summed E-state index contributed by atoms with van der Waals surface area (Å²) in [6.45, 7) is 3.00. The zero-order chi connectivity index (χ0) is 14.0. The van der Waals surface area contributed by atoms with Gasteiger partial charge in [0.15, 0.2) is 0 Å². The first-order chi connectivity index (χ1) is 9.90. The molecule has 1 aromatic carbocycles. The number of nitrogens with one attached hydrogen (secondary N) is 1. The minimum Gasteiger partial charge on any atom is -0.304 e. The van der Waals surface area contributed by atoms with Gasteiger partial charge in [-0.25, -0.2) is 0 Å². The van der Waals surface area contributed by atoms with Crippen LogP contribution in [0.2, 0.25) is 0 Å². The van der Waals surface area contributed by atoms with Gasteiger partial charge in [0.05, 0.1) is 5.69 Å². The Morgan fingerprint density at radius 2 is 1.90 bits per heavy atom. The third-order valence-electron chi connectivity index (χ3n) is 3.46. The standard InChI is InChI=1S/C17H23N3/c1-2-3-5-12-17(15-9-6-4-7-10-15)18-14-16-11-8-13-19-20-16/h4,6-11,13,17-18H,2-3,5,12,14H2,1H3. The number of rotatable bonds is 8. The Hall–Kier alpha value is -1.74. The highest BCUT2D eigenvalue weighted by Crippen LogP contribution is 2.20. The van der Waals surface area contributed by atoms with Crippen molar-refractivity contribution in [3.05, 3.63) is 59.9 Å². The van der Waals surface area contributed by atoms with Gasteiger partial charge in [-0.15, -0.1) is 0 Å². The molecule has 1 aromatic heterocycles. The topological polar surface area (TPSA) is 37.8 Å². The van der Waals surface area contributed by atoms with Crippen molar-refractivity contribution in [2.75, 3.05) is 0 Å². The van der Waals surface area contributed by atoms with E-state index < -0.39 is 0 Å². The summed E-state index contributed by atoms with van der Waals surface area (Å²) in [5.41, 5.74) is 2.34. The highest BCUT2D eigenvalue weighted by atomic mass is 15.1. The minimum absolute atomic E-state index is 0.393. The van der Waals surface area contributed by atoms with Crippen LogP contribution in [0.15, 0.2) is 48.7 Å². The largest absolute Gasteiger partial charge is 0.304 e. The van der Waals surface area contributed by atoms with E-state index in [1.54, 1.807) is 6.20 Å². The van der Waals surface area contributed by atoms with Crippen molar-refractivity contribution < 1.29 is 0 Å². The Balaban J connectivity index is 1.95. The number of aromatic nitrogens is 2. The quantitative estimate of drug-likeness (QED) is 0.739. The molecule has 1 heterocycles. The van der Waals surface area contributed by atoms with Gasteiger partial charge in [0.25, 0.3) is 0 Å². The van der Waals surface area contributed by atoms with Crippen molar-refractivity contribution >= 4 is 0 Å². The first kappa shape index (κ1) is 14.7. The lowest BCUT2D eigenvalue weighted by Gasteiger charge is -2.19. The first-order valence-electron chi connectivity index (χ1n) is 7.45. The van der Waals surface area contributed by atoms with Crippen LogP contribution in [0.4, 0.5) is 0 Å². The Morgan fingerprint density at radius 3 is 2.60 bits per heavy atom. The van der Waals surface area contributed by atoms with Gasteiger partial charge in [0.2, 0.25) is 0 Å². The molecular weight excluding hydrogens is 246 g/mol. The third-order valence-corrected chi connectivity index (χ3v) is 3.46. The van der Waals surface area contributed by atoms with Gasteiger partial charge in [0, 0.05) is 18.8 Å². The number of nitrogens with zero attached hydrogens (tertiary/aromatic N) is 2. The SMILES string of the molecule is CCCCCC(NCc1cccnn1)c1ccccc1. The van der Waals surface area contributed by atoms with E-state index >= 15 is 0 Å². The number of benzene rings is 1. The molecular formula is C17H23N3. The summed E-state index contributed by atoms with van der Waals surface area (Å²) in [7, 11) is 0. The maximum absolute atomic E-state index is 4.13. The van der Waals surface area contributed by atoms with E-state index in [1.165, 1.54) is 24.8 Å². The van der Waals surface area contributed by atoms with Crippen LogP contribution in [0.25, 0.3) is 0 Å². The van der Waals surface area contributed by atoms with E-state index in [4.69, 9.17) is 0 Å². The van der Waals surface area contributed by atoms with Crippen LogP contribution in [0.3, 0.4) is 0 Å². The summed E-state index contributed by atoms with van der Waals surface area (Å²) in [4.78, 5) is 0. The summed E-state index contributed by atoms with van der Waals surface area (Å²) in [5, 5.41) is 11.7. The summed E-state index contributed by atoms with van der Waals surface area (Å²) in [5.74, 6) is 0. The molecule has 20 heavy (non-hydrogen) atoms. The zero-order valence-electron chi connectivity index (χ0n) is 12.1. The second kappa shape index (κ2) is 8.43. The molecule has 3 nitrogen and oxygen atoms in total. The Labute approximate surface area is 121 Å². The van der Waals surface area contributed by atoms with Gasteiger partial charge >= 0.3 is 0 Å². The van der Waals surface area contributed by atoms with Gasteiger partial charge in [0.1, 0.15) is 0 Å². The predicted octanol–water partition coefficient (Wildman–Crippen LogP) is 3.89. The third kappa shape index (κ3) is 4.74. The predicted molar refractivity (Wildman–Crippen MR) is 82.2 cm³/mol. The minimum atomic E-state index is 0.393. The molecule has 106 valence electrons. The second-order valence-electron chi connectivity index (χ2n) is 5.05. The van der Waals surface area contributed by atoms with Gasteiger partial charge in [-0.2, -0.15) is 10.2 Å². The fraction of sp³-hybridized carbons (Fsp3) is 0.412. The molecule has 3 heteroatoms. The number of hydrogen-bond acceptors (Lipinski definition) is 3. The molecule has 0 bridgehead atoms. The first-order valence-corrected chi connectivity index (χ1v) is 7.45. The van der Waals surface area contributed by atoms with Crippen LogP contribution < -0.4 is 5.32 Å². The second-order valence-corrected chi connectivity index (χ2v) is 5.05. The Bertz CT molecular complexity index is 470. The summed E-state index contributed by atoms with van der Waals surface area (Å²) in [6, 6.07) is 15.0. The highest BCUT2D eigenvalue weighted by molar-refractivity contribution is 5.19. The lowest BCUT2D eigenvalue weighted by atomic mass is 10.0. The van der Waals surface area contributed by atoms with Crippen molar-refractivity contribution in [2.45, 2.75) is 45.2 Å². The summed E-state index contributed by atoms with van der Waals surface area (Å²) < 4.78 is 0. The van der Waals surface area contributed by atoms with Gasteiger partial charge in [-0.1, -0.05) is 56.5 Å². The normalized spacial score (nSPS) is 12.2. The molecule has 2 aromatic rings. The molecule has 0 aliphatic heterocycles. The molecule has 1 N–H and O–H groups in total. The van der Waals surface area contributed by atoms with Crippen LogP contribution in [-0.2, 0) is 6.54 Å². The average Bonchev–Trinajstić information content (AvgIpc) is 2.52. The van der Waals surface area contributed by atoms with Crippen LogP contribution in [-0.4, -0.2) is 10.2 Å². The molecule has 0 aliphatic carbocycles. The molecule has 1 unspecified atom stereocenters. The zero-order valence-corrected chi connectivity index (χ0v) is 12.1. The maximum atomic E-state index is 4.13. The molecule has 1 atom stereocenters. The molecule has 0 spiro atoms. The summed E-state index contributed by atoms with van der Waals surface area (Å²) in [6.07, 6.45) is 6.67. The van der Waals surface area contributed by atoms with Gasteiger partial charge in [-0.05, 0) is 24.1 Å². The lowest BCUT2D eigenvalue weighted by molar-refractivity contribution is 0.469. The van der Waals surface area contributed by atoms with E-state index in [1.807, 2.05) is 12.1 Å². The Kier molecular flexibility index (Phi) is 6.18. The van der Waals surface area contributed by atoms with Crippen molar-refractivity contribution in [3.8, 4) is 0 Å². The molecule has 0 saturated carbocycles. The van der Waals surface area contributed by atoms with Crippen LogP contribution in [0.5, 0.6) is 0 Å². The van der Waals surface area contributed by atoms with Crippen molar-refractivity contribution in [1.29, 1.82) is 0 Å². The fourth-order valence-corrected chi connectivity index (χ4v) is 2.33. The molecule has 0 amide bonds. The number of unbranched alkanes of at least 4 members (excludes halogenated alkanes) is 2. The van der Waals surface area contributed by atoms with Gasteiger partial charge in [-0.3, -0.25) is 0 Å². The number of hydrogen-bond donors (Lipinski definition) is 1. The van der Waals surface area contributed by atoms with Crippen LogP contribution in [0.1, 0.15) is 49.9 Å². The van der Waals surface area contributed by atoms with E-state index in [-0.39, 0.29) is 0 Å². The fourth-order valence-electron chi connectivity index (χ4n) is 2.33.